The maximum Gasteiger partial charge on any atom is 0.138 e. The molecule has 16 heavy (non-hydrogen) atoms. The molecule has 1 fully saturated rings. The lowest BCUT2D eigenvalue weighted by Gasteiger charge is -2.26. The Morgan fingerprint density at radius 3 is 2.81 bits per heavy atom. The molecule has 1 N–H and O–H groups in total. The van der Waals surface area contributed by atoms with Gasteiger partial charge in [0.2, 0.25) is 0 Å². The van der Waals surface area contributed by atoms with E-state index in [0.29, 0.717) is 5.92 Å². The van der Waals surface area contributed by atoms with Gasteiger partial charge in [0.05, 0.1) is 6.54 Å². The number of rotatable bonds is 3. The van der Waals surface area contributed by atoms with Crippen LogP contribution in [0, 0.1) is 0 Å². The van der Waals surface area contributed by atoms with E-state index in [1.165, 1.54) is 5.56 Å². The Morgan fingerprint density at radius 2 is 2.12 bits per heavy atom. The maximum atomic E-state index is 4.19. The van der Waals surface area contributed by atoms with Crippen molar-refractivity contribution >= 4 is 0 Å². The van der Waals surface area contributed by atoms with Crippen molar-refractivity contribution in [1.29, 1.82) is 0 Å². The number of nitrogens with zero attached hydrogens (tertiary/aromatic N) is 4. The highest BCUT2D eigenvalue weighted by Crippen LogP contribution is 2.17. The molecule has 0 unspecified atom stereocenters. The first-order chi connectivity index (χ1) is 7.93. The van der Waals surface area contributed by atoms with Crippen LogP contribution in [0.3, 0.4) is 0 Å². The highest BCUT2D eigenvalue weighted by atomic mass is 15.3. The van der Waals surface area contributed by atoms with Crippen LogP contribution in [0.1, 0.15) is 17.3 Å². The Labute approximate surface area is 93.5 Å². The fourth-order valence-electron chi connectivity index (χ4n) is 1.86. The summed E-state index contributed by atoms with van der Waals surface area (Å²) in [4.78, 5) is 4.01. The highest BCUT2D eigenvalue weighted by Gasteiger charge is 2.23. The van der Waals surface area contributed by atoms with Gasteiger partial charge in [0, 0.05) is 31.4 Å². The van der Waals surface area contributed by atoms with Crippen LogP contribution in [-0.2, 0) is 6.54 Å². The largest absolute Gasteiger partial charge is 0.315 e. The van der Waals surface area contributed by atoms with Crippen molar-refractivity contribution in [3.63, 3.8) is 0 Å². The molecule has 0 spiro atoms. The van der Waals surface area contributed by atoms with Gasteiger partial charge in [0.1, 0.15) is 12.2 Å². The molecule has 1 saturated heterocycles. The molecule has 5 nitrogen and oxygen atoms in total. The summed E-state index contributed by atoms with van der Waals surface area (Å²) < 4.78 is 2.11. The Morgan fingerprint density at radius 1 is 1.31 bits per heavy atom. The number of pyridine rings is 1. The molecule has 5 heteroatoms. The predicted octanol–water partition coefficient (Wildman–Crippen LogP) is 0.408. The molecule has 0 aromatic carbocycles. The summed E-state index contributed by atoms with van der Waals surface area (Å²) in [5.41, 5.74) is 1.23. The Kier molecular flexibility index (Phi) is 2.38. The van der Waals surface area contributed by atoms with E-state index in [-0.39, 0.29) is 0 Å². The summed E-state index contributed by atoms with van der Waals surface area (Å²) in [6.07, 6.45) is 5.42. The Bertz CT molecular complexity index is 460. The van der Waals surface area contributed by atoms with Crippen LogP contribution in [0.25, 0.3) is 0 Å². The van der Waals surface area contributed by atoms with Gasteiger partial charge in [-0.05, 0) is 17.7 Å². The molecule has 2 aromatic rings. The zero-order valence-electron chi connectivity index (χ0n) is 8.87. The Balaban J connectivity index is 1.82. The van der Waals surface area contributed by atoms with Gasteiger partial charge in [-0.2, -0.15) is 0 Å². The third-order valence-corrected chi connectivity index (χ3v) is 2.89. The van der Waals surface area contributed by atoms with Crippen molar-refractivity contribution in [2.75, 3.05) is 13.1 Å². The minimum atomic E-state index is 0.518. The summed E-state index contributed by atoms with van der Waals surface area (Å²) in [6, 6.07) is 4.03. The van der Waals surface area contributed by atoms with E-state index < -0.39 is 0 Å². The molecule has 0 radical (unpaired) electrons. The lowest BCUT2D eigenvalue weighted by Crippen LogP contribution is -2.41. The zero-order chi connectivity index (χ0) is 10.8. The van der Waals surface area contributed by atoms with Gasteiger partial charge in [-0.15, -0.1) is 10.2 Å². The quantitative estimate of drug-likeness (QED) is 0.805. The third kappa shape index (κ3) is 1.69. The molecular formula is C11H13N5. The molecule has 0 bridgehead atoms. The minimum Gasteiger partial charge on any atom is -0.315 e. The maximum absolute atomic E-state index is 4.19. The summed E-state index contributed by atoms with van der Waals surface area (Å²) in [6.45, 7) is 2.84. The summed E-state index contributed by atoms with van der Waals surface area (Å²) in [5, 5.41) is 11.4. The van der Waals surface area contributed by atoms with E-state index in [1.54, 1.807) is 6.33 Å². The molecule has 3 rings (SSSR count). The molecule has 3 heterocycles. The normalized spacial score (nSPS) is 16.0. The van der Waals surface area contributed by atoms with Crippen molar-refractivity contribution in [2.24, 2.45) is 0 Å². The first-order valence-electron chi connectivity index (χ1n) is 5.41. The molecular weight excluding hydrogens is 202 g/mol. The second-order valence-corrected chi connectivity index (χ2v) is 4.03. The van der Waals surface area contributed by atoms with Gasteiger partial charge in [0.25, 0.3) is 0 Å². The number of nitrogens with one attached hydrogen (secondary N) is 1. The second kappa shape index (κ2) is 4.02. The van der Waals surface area contributed by atoms with Crippen LogP contribution < -0.4 is 5.32 Å². The fraction of sp³-hybridized carbons (Fsp3) is 0.364. The molecule has 0 saturated carbocycles. The van der Waals surface area contributed by atoms with Crippen molar-refractivity contribution < 1.29 is 0 Å². The van der Waals surface area contributed by atoms with E-state index in [4.69, 9.17) is 0 Å². The van der Waals surface area contributed by atoms with Gasteiger partial charge in [-0.3, -0.25) is 4.98 Å². The minimum absolute atomic E-state index is 0.518. The van der Waals surface area contributed by atoms with Gasteiger partial charge in [0.15, 0.2) is 0 Å². The number of hydrogen-bond donors (Lipinski definition) is 1. The second-order valence-electron chi connectivity index (χ2n) is 4.03. The molecule has 82 valence electrons. The third-order valence-electron chi connectivity index (χ3n) is 2.89. The van der Waals surface area contributed by atoms with Crippen LogP contribution in [0.15, 0.2) is 30.9 Å². The predicted molar refractivity (Wildman–Crippen MR) is 59.0 cm³/mol. The van der Waals surface area contributed by atoms with Crippen LogP contribution in [0.5, 0.6) is 0 Å². The molecule has 1 aliphatic rings. The van der Waals surface area contributed by atoms with Crippen molar-refractivity contribution in [3.05, 3.63) is 42.2 Å². The van der Waals surface area contributed by atoms with Crippen LogP contribution in [-0.4, -0.2) is 32.8 Å². The lowest BCUT2D eigenvalue weighted by molar-refractivity contribution is 0.417. The van der Waals surface area contributed by atoms with E-state index >= 15 is 0 Å². The standard InChI is InChI=1S/C11H13N5/c1-3-12-4-2-9(1)7-16-8-14-15-11(16)10-5-13-6-10/h1-4,8,10,13H,5-7H2. The monoisotopic (exact) mass is 215 g/mol. The highest BCUT2D eigenvalue weighted by molar-refractivity contribution is 5.12. The van der Waals surface area contributed by atoms with E-state index in [1.807, 2.05) is 24.5 Å². The SMILES string of the molecule is c1cc(Cn2cnnc2C2CNC2)ccn1. The number of aromatic nitrogens is 4. The van der Waals surface area contributed by atoms with Crippen LogP contribution in [0.2, 0.25) is 0 Å². The summed E-state index contributed by atoms with van der Waals surface area (Å²) in [7, 11) is 0. The lowest BCUT2D eigenvalue weighted by atomic mass is 10.0. The van der Waals surface area contributed by atoms with Crippen molar-refractivity contribution in [3.8, 4) is 0 Å². The Hall–Kier alpha value is -1.75. The average Bonchev–Trinajstić information content (AvgIpc) is 2.66. The van der Waals surface area contributed by atoms with Gasteiger partial charge in [-0.25, -0.2) is 0 Å². The first kappa shape index (κ1) is 9.47. The van der Waals surface area contributed by atoms with Crippen molar-refractivity contribution in [2.45, 2.75) is 12.5 Å². The first-order valence-corrected chi connectivity index (χ1v) is 5.41. The van der Waals surface area contributed by atoms with Crippen LogP contribution in [0.4, 0.5) is 0 Å². The fourth-order valence-corrected chi connectivity index (χ4v) is 1.86. The molecule has 1 aliphatic heterocycles. The van der Waals surface area contributed by atoms with Crippen LogP contribution >= 0.6 is 0 Å². The molecule has 0 amide bonds. The summed E-state index contributed by atoms with van der Waals surface area (Å²) in [5.74, 6) is 1.60. The zero-order valence-corrected chi connectivity index (χ0v) is 8.87. The average molecular weight is 215 g/mol. The van der Waals surface area contributed by atoms with Crippen molar-refractivity contribution in [1.82, 2.24) is 25.1 Å². The van der Waals surface area contributed by atoms with Gasteiger partial charge in [-0.1, -0.05) is 0 Å². The van der Waals surface area contributed by atoms with E-state index in [2.05, 4.69) is 25.1 Å². The smallest absolute Gasteiger partial charge is 0.138 e. The molecule has 0 atom stereocenters. The topological polar surface area (TPSA) is 55.6 Å². The summed E-state index contributed by atoms with van der Waals surface area (Å²) >= 11 is 0. The molecule has 0 aliphatic carbocycles. The molecule has 2 aromatic heterocycles. The van der Waals surface area contributed by atoms with Gasteiger partial charge >= 0.3 is 0 Å². The van der Waals surface area contributed by atoms with Gasteiger partial charge < -0.3 is 9.88 Å². The number of hydrogen-bond acceptors (Lipinski definition) is 4. The van der Waals surface area contributed by atoms with E-state index in [9.17, 15) is 0 Å². The van der Waals surface area contributed by atoms with E-state index in [0.717, 1.165) is 25.5 Å².